The van der Waals surface area contributed by atoms with Gasteiger partial charge in [0.2, 0.25) is 10.0 Å². The summed E-state index contributed by atoms with van der Waals surface area (Å²) >= 11 is 0.730. The number of hydrazine groups is 1. The van der Waals surface area contributed by atoms with Crippen LogP contribution in [-0.4, -0.2) is 44.4 Å². The van der Waals surface area contributed by atoms with Crippen LogP contribution in [0.2, 0.25) is 0 Å². The van der Waals surface area contributed by atoms with E-state index in [0.717, 1.165) is 30.2 Å². The smallest absolute Gasteiger partial charge is 0.306 e. The van der Waals surface area contributed by atoms with Gasteiger partial charge in [0, 0.05) is 25.2 Å². The molecule has 1 heterocycles. The highest BCUT2D eigenvalue weighted by Crippen LogP contribution is 2.36. The summed E-state index contributed by atoms with van der Waals surface area (Å²) in [6.45, 7) is 0.853. The number of hydrogen-bond donors (Lipinski definition) is 3. The van der Waals surface area contributed by atoms with Gasteiger partial charge in [-0.2, -0.15) is 0 Å². The summed E-state index contributed by atoms with van der Waals surface area (Å²) in [6.07, 6.45) is 2.29. The van der Waals surface area contributed by atoms with Crippen molar-refractivity contribution in [3.05, 3.63) is 16.2 Å². The van der Waals surface area contributed by atoms with Gasteiger partial charge in [-0.15, -0.1) is 0 Å². The SMILES string of the molecule is CN(CCNS(=O)(=O)c1cc([N+](=O)[O-])c(NN)s1)C1CC1. The Bertz CT molecular complexity index is 625. The number of nitrogens with two attached hydrogens (primary N) is 1. The summed E-state index contributed by atoms with van der Waals surface area (Å²) in [5.41, 5.74) is 1.79. The highest BCUT2D eigenvalue weighted by atomic mass is 32.2. The van der Waals surface area contributed by atoms with Crippen molar-refractivity contribution < 1.29 is 13.3 Å². The van der Waals surface area contributed by atoms with Crippen molar-refractivity contribution in [1.82, 2.24) is 9.62 Å². The molecule has 0 aromatic carbocycles. The van der Waals surface area contributed by atoms with Gasteiger partial charge < -0.3 is 10.3 Å². The highest BCUT2D eigenvalue weighted by Gasteiger charge is 2.27. The molecule has 1 fully saturated rings. The molecular formula is C10H17N5O4S2. The first kappa shape index (κ1) is 16.1. The lowest BCUT2D eigenvalue weighted by atomic mass is 10.5. The number of likely N-dealkylation sites (N-methyl/N-ethyl adjacent to an activating group) is 1. The molecule has 0 bridgehead atoms. The van der Waals surface area contributed by atoms with Crippen molar-refractivity contribution in [3.63, 3.8) is 0 Å². The second-order valence-electron chi connectivity index (χ2n) is 4.79. The number of nitrogen functional groups attached to an aromatic ring is 1. The summed E-state index contributed by atoms with van der Waals surface area (Å²) in [6, 6.07) is 1.55. The molecule has 118 valence electrons. The first-order valence-electron chi connectivity index (χ1n) is 6.30. The number of nitrogens with one attached hydrogen (secondary N) is 2. The molecule has 1 saturated carbocycles. The fraction of sp³-hybridized carbons (Fsp3) is 0.600. The van der Waals surface area contributed by atoms with E-state index in [-0.39, 0.29) is 21.4 Å². The molecule has 2 rings (SSSR count). The third-order valence-electron chi connectivity index (χ3n) is 3.21. The van der Waals surface area contributed by atoms with Crippen LogP contribution >= 0.6 is 11.3 Å². The molecule has 0 spiro atoms. The molecule has 9 nitrogen and oxygen atoms in total. The molecule has 21 heavy (non-hydrogen) atoms. The van der Waals surface area contributed by atoms with E-state index in [2.05, 4.69) is 15.0 Å². The molecule has 0 unspecified atom stereocenters. The molecule has 0 atom stereocenters. The van der Waals surface area contributed by atoms with Gasteiger partial charge in [-0.05, 0) is 19.9 Å². The minimum Gasteiger partial charge on any atom is -0.310 e. The topological polar surface area (TPSA) is 131 Å². The fourth-order valence-electron chi connectivity index (χ4n) is 1.86. The van der Waals surface area contributed by atoms with Crippen molar-refractivity contribution >= 4 is 32.0 Å². The van der Waals surface area contributed by atoms with E-state index in [9.17, 15) is 18.5 Å². The summed E-state index contributed by atoms with van der Waals surface area (Å²) < 4.78 is 26.5. The molecule has 4 N–H and O–H groups in total. The molecular weight excluding hydrogens is 318 g/mol. The number of nitrogens with zero attached hydrogens (tertiary/aromatic N) is 2. The number of sulfonamides is 1. The Balaban J connectivity index is 2.02. The molecule has 0 radical (unpaired) electrons. The number of nitro groups is 1. The van der Waals surface area contributed by atoms with E-state index in [1.165, 1.54) is 0 Å². The molecule has 0 saturated heterocycles. The van der Waals surface area contributed by atoms with Crippen LogP contribution in [0.15, 0.2) is 10.3 Å². The first-order valence-corrected chi connectivity index (χ1v) is 8.60. The summed E-state index contributed by atoms with van der Waals surface area (Å²) in [4.78, 5) is 12.2. The average molecular weight is 335 g/mol. The van der Waals surface area contributed by atoms with Crippen LogP contribution in [0.5, 0.6) is 0 Å². The van der Waals surface area contributed by atoms with Crippen LogP contribution in [0.4, 0.5) is 10.7 Å². The fourth-order valence-corrected chi connectivity index (χ4v) is 4.16. The van der Waals surface area contributed by atoms with Crippen LogP contribution in [0, 0.1) is 10.1 Å². The van der Waals surface area contributed by atoms with Crippen LogP contribution < -0.4 is 16.0 Å². The van der Waals surface area contributed by atoms with Crippen LogP contribution in [0.25, 0.3) is 0 Å². The van der Waals surface area contributed by atoms with Crippen LogP contribution in [0.1, 0.15) is 12.8 Å². The van der Waals surface area contributed by atoms with Crippen molar-refractivity contribution in [1.29, 1.82) is 0 Å². The van der Waals surface area contributed by atoms with E-state index in [1.807, 2.05) is 7.05 Å². The predicted octanol–water partition coefficient (Wildman–Crippen LogP) is 0.314. The summed E-state index contributed by atoms with van der Waals surface area (Å²) in [5.74, 6) is 5.16. The maximum absolute atomic E-state index is 12.1. The van der Waals surface area contributed by atoms with Gasteiger partial charge in [0.15, 0.2) is 5.00 Å². The first-order chi connectivity index (χ1) is 9.85. The molecule has 0 aliphatic heterocycles. The zero-order valence-electron chi connectivity index (χ0n) is 11.4. The summed E-state index contributed by atoms with van der Waals surface area (Å²) in [7, 11) is -1.82. The Hall–Kier alpha value is -1.27. The van der Waals surface area contributed by atoms with Gasteiger partial charge in [0.25, 0.3) is 0 Å². The third kappa shape index (κ3) is 3.89. The molecule has 1 aromatic heterocycles. The number of thiophene rings is 1. The maximum Gasteiger partial charge on any atom is 0.306 e. The van der Waals surface area contributed by atoms with Gasteiger partial charge in [-0.3, -0.25) is 10.1 Å². The van der Waals surface area contributed by atoms with Gasteiger partial charge >= 0.3 is 5.69 Å². The second-order valence-corrected chi connectivity index (χ2v) is 7.84. The Kier molecular flexibility index (Phi) is 4.78. The van der Waals surface area contributed by atoms with Gasteiger partial charge in [-0.25, -0.2) is 19.0 Å². The number of rotatable bonds is 8. The quantitative estimate of drug-likeness (QED) is 0.354. The molecule has 0 amide bonds. The molecule has 1 aromatic rings. The van der Waals surface area contributed by atoms with E-state index in [1.54, 1.807) is 0 Å². The monoisotopic (exact) mass is 335 g/mol. The minimum absolute atomic E-state index is 0.00970. The molecule has 1 aliphatic carbocycles. The third-order valence-corrected chi connectivity index (χ3v) is 6.20. The van der Waals surface area contributed by atoms with Gasteiger partial charge in [0.05, 0.1) is 4.92 Å². The molecule has 11 heteroatoms. The van der Waals surface area contributed by atoms with E-state index < -0.39 is 14.9 Å². The highest BCUT2D eigenvalue weighted by molar-refractivity contribution is 7.91. The predicted molar refractivity (Wildman–Crippen MR) is 79.6 cm³/mol. The van der Waals surface area contributed by atoms with Crippen molar-refractivity contribution in [2.75, 3.05) is 25.6 Å². The number of hydrogen-bond acceptors (Lipinski definition) is 8. The second kappa shape index (κ2) is 6.23. The van der Waals surface area contributed by atoms with E-state index in [0.29, 0.717) is 12.6 Å². The van der Waals surface area contributed by atoms with Gasteiger partial charge in [-0.1, -0.05) is 11.3 Å². The standard InChI is InChI=1S/C10H17N5O4S2/c1-14(7-2-3-7)5-4-12-21(18,19)9-6-8(15(16)17)10(13-11)20-9/h6-7,12-13H,2-5,11H2,1H3. The lowest BCUT2D eigenvalue weighted by Gasteiger charge is -2.15. The zero-order valence-corrected chi connectivity index (χ0v) is 13.0. The van der Waals surface area contributed by atoms with E-state index in [4.69, 9.17) is 5.84 Å². The van der Waals surface area contributed by atoms with Crippen molar-refractivity contribution in [2.24, 2.45) is 5.84 Å². The Morgan fingerprint density at radius 3 is 2.71 bits per heavy atom. The lowest BCUT2D eigenvalue weighted by Crippen LogP contribution is -2.33. The molecule has 1 aliphatic rings. The number of anilines is 1. The van der Waals surface area contributed by atoms with Crippen molar-refractivity contribution in [3.8, 4) is 0 Å². The lowest BCUT2D eigenvalue weighted by molar-refractivity contribution is -0.383. The average Bonchev–Trinajstić information content (AvgIpc) is 3.16. The van der Waals surface area contributed by atoms with Crippen LogP contribution in [0.3, 0.4) is 0 Å². The zero-order chi connectivity index (χ0) is 15.6. The van der Waals surface area contributed by atoms with Crippen molar-refractivity contribution in [2.45, 2.75) is 23.1 Å². The Labute approximate surface area is 126 Å². The maximum atomic E-state index is 12.1. The van der Waals surface area contributed by atoms with E-state index >= 15 is 0 Å². The Morgan fingerprint density at radius 2 is 2.24 bits per heavy atom. The Morgan fingerprint density at radius 1 is 1.57 bits per heavy atom. The largest absolute Gasteiger partial charge is 0.310 e. The van der Waals surface area contributed by atoms with Crippen LogP contribution in [-0.2, 0) is 10.0 Å². The minimum atomic E-state index is -3.76. The summed E-state index contributed by atoms with van der Waals surface area (Å²) in [5, 5.41) is 10.8. The normalized spacial score (nSPS) is 15.4. The van der Waals surface area contributed by atoms with Gasteiger partial charge in [0.1, 0.15) is 4.21 Å².